The molecule has 15 heavy (non-hydrogen) atoms. The molecule has 0 saturated heterocycles. The fourth-order valence-electron chi connectivity index (χ4n) is 1.69. The lowest BCUT2D eigenvalue weighted by Gasteiger charge is -2.19. The highest BCUT2D eigenvalue weighted by Gasteiger charge is 2.18. The first kappa shape index (κ1) is 11.7. The summed E-state index contributed by atoms with van der Waals surface area (Å²) in [4.78, 5) is 10.9. The van der Waals surface area contributed by atoms with Gasteiger partial charge < -0.3 is 5.73 Å². The van der Waals surface area contributed by atoms with Gasteiger partial charge in [-0.2, -0.15) is 0 Å². The second-order valence-corrected chi connectivity index (χ2v) is 4.08. The summed E-state index contributed by atoms with van der Waals surface area (Å²) in [6.45, 7) is 4.00. The molecule has 1 rings (SSSR count). The van der Waals surface area contributed by atoms with Gasteiger partial charge in [-0.05, 0) is 29.5 Å². The number of nitrogens with two attached hydrogens (primary N) is 1. The number of halogens is 1. The number of rotatable bonds is 4. The maximum Gasteiger partial charge on any atom is 0.218 e. The van der Waals surface area contributed by atoms with Gasteiger partial charge >= 0.3 is 0 Å². The molecule has 2 nitrogen and oxygen atoms in total. The lowest BCUT2D eigenvalue weighted by atomic mass is 9.85. The summed E-state index contributed by atoms with van der Waals surface area (Å²) in [5, 5.41) is 0. The van der Waals surface area contributed by atoms with E-state index in [-0.39, 0.29) is 30.0 Å². The van der Waals surface area contributed by atoms with Gasteiger partial charge in [0.1, 0.15) is 5.82 Å². The van der Waals surface area contributed by atoms with Crippen LogP contribution in [0.3, 0.4) is 0 Å². The molecule has 0 saturated carbocycles. The molecule has 1 amide bonds. The summed E-state index contributed by atoms with van der Waals surface area (Å²) in [5.41, 5.74) is 6.01. The zero-order chi connectivity index (χ0) is 11.4. The third-order valence-electron chi connectivity index (χ3n) is 2.50. The summed E-state index contributed by atoms with van der Waals surface area (Å²) >= 11 is 0. The van der Waals surface area contributed by atoms with Crippen LogP contribution in [-0.4, -0.2) is 5.91 Å². The third kappa shape index (κ3) is 3.35. The summed E-state index contributed by atoms with van der Waals surface area (Å²) in [6, 6.07) is 6.34. The van der Waals surface area contributed by atoms with E-state index in [0.717, 1.165) is 5.56 Å². The van der Waals surface area contributed by atoms with Crippen molar-refractivity contribution in [2.45, 2.75) is 26.2 Å². The quantitative estimate of drug-likeness (QED) is 0.813. The van der Waals surface area contributed by atoms with Crippen molar-refractivity contribution in [1.29, 1.82) is 0 Å². The molecule has 0 aliphatic heterocycles. The van der Waals surface area contributed by atoms with E-state index in [1.165, 1.54) is 12.1 Å². The van der Waals surface area contributed by atoms with Crippen molar-refractivity contribution >= 4 is 5.91 Å². The molecule has 0 heterocycles. The molecule has 0 aliphatic carbocycles. The number of hydrogen-bond donors (Lipinski definition) is 1. The molecule has 82 valence electrons. The number of hydrogen-bond acceptors (Lipinski definition) is 1. The first-order valence-electron chi connectivity index (χ1n) is 5.04. The van der Waals surface area contributed by atoms with E-state index in [1.807, 2.05) is 19.9 Å². The van der Waals surface area contributed by atoms with Crippen LogP contribution in [0.1, 0.15) is 31.7 Å². The van der Waals surface area contributed by atoms with Gasteiger partial charge in [0.05, 0.1) is 0 Å². The fourth-order valence-corrected chi connectivity index (χ4v) is 1.69. The minimum Gasteiger partial charge on any atom is -0.370 e. The lowest BCUT2D eigenvalue weighted by Crippen LogP contribution is -2.18. The Bertz CT molecular complexity index is 349. The average Bonchev–Trinajstić information content (AvgIpc) is 2.13. The van der Waals surface area contributed by atoms with E-state index in [2.05, 4.69) is 0 Å². The Labute approximate surface area is 89.3 Å². The summed E-state index contributed by atoms with van der Waals surface area (Å²) in [5.74, 6) is -0.363. The van der Waals surface area contributed by atoms with Gasteiger partial charge in [-0.3, -0.25) is 4.79 Å². The Morgan fingerprint density at radius 2 is 2.13 bits per heavy atom. The van der Waals surface area contributed by atoms with E-state index in [4.69, 9.17) is 5.73 Å². The molecule has 0 radical (unpaired) electrons. The van der Waals surface area contributed by atoms with Crippen LogP contribution in [0.5, 0.6) is 0 Å². The van der Waals surface area contributed by atoms with Crippen LogP contribution >= 0.6 is 0 Å². The van der Waals surface area contributed by atoms with Gasteiger partial charge in [-0.15, -0.1) is 0 Å². The molecule has 1 atom stereocenters. The molecular formula is C12H16FNO. The highest BCUT2D eigenvalue weighted by Crippen LogP contribution is 2.27. The van der Waals surface area contributed by atoms with Crippen molar-refractivity contribution in [2.75, 3.05) is 0 Å². The van der Waals surface area contributed by atoms with Crippen LogP contribution in [0.2, 0.25) is 0 Å². The SMILES string of the molecule is CC(C)C(CC(N)=O)c1cccc(F)c1. The Kier molecular flexibility index (Phi) is 3.83. The van der Waals surface area contributed by atoms with E-state index < -0.39 is 0 Å². The second-order valence-electron chi connectivity index (χ2n) is 4.08. The van der Waals surface area contributed by atoms with E-state index in [1.54, 1.807) is 6.07 Å². The summed E-state index contributed by atoms with van der Waals surface area (Å²) < 4.78 is 13.0. The molecule has 0 aliphatic rings. The highest BCUT2D eigenvalue weighted by molar-refractivity contribution is 5.74. The van der Waals surface area contributed by atoms with Crippen molar-refractivity contribution in [3.8, 4) is 0 Å². The van der Waals surface area contributed by atoms with Crippen LogP contribution in [-0.2, 0) is 4.79 Å². The number of carbonyl (C=O) groups excluding carboxylic acids is 1. The topological polar surface area (TPSA) is 43.1 Å². The maximum absolute atomic E-state index is 13.0. The second kappa shape index (κ2) is 4.91. The Morgan fingerprint density at radius 1 is 1.47 bits per heavy atom. The molecule has 3 heteroatoms. The van der Waals surface area contributed by atoms with Crippen molar-refractivity contribution in [3.05, 3.63) is 35.6 Å². The molecule has 0 bridgehead atoms. The average molecular weight is 209 g/mol. The zero-order valence-corrected chi connectivity index (χ0v) is 9.03. The smallest absolute Gasteiger partial charge is 0.218 e. The van der Waals surface area contributed by atoms with E-state index >= 15 is 0 Å². The fraction of sp³-hybridized carbons (Fsp3) is 0.417. The normalized spacial score (nSPS) is 12.8. The van der Waals surface area contributed by atoms with E-state index in [0.29, 0.717) is 0 Å². The minimum absolute atomic E-state index is 0.00167. The predicted molar refractivity (Wildman–Crippen MR) is 57.8 cm³/mol. The number of carbonyl (C=O) groups is 1. The van der Waals surface area contributed by atoms with Gasteiger partial charge in [0.2, 0.25) is 5.91 Å². The summed E-state index contributed by atoms with van der Waals surface area (Å²) in [7, 11) is 0. The van der Waals surface area contributed by atoms with Crippen LogP contribution in [0.4, 0.5) is 4.39 Å². The monoisotopic (exact) mass is 209 g/mol. The predicted octanol–water partition coefficient (Wildman–Crippen LogP) is 2.44. The van der Waals surface area contributed by atoms with Crippen LogP contribution < -0.4 is 5.73 Å². The van der Waals surface area contributed by atoms with Crippen molar-refractivity contribution < 1.29 is 9.18 Å². The number of amides is 1. The van der Waals surface area contributed by atoms with Crippen molar-refractivity contribution in [2.24, 2.45) is 11.7 Å². The van der Waals surface area contributed by atoms with Crippen LogP contribution in [0, 0.1) is 11.7 Å². The van der Waals surface area contributed by atoms with Gasteiger partial charge in [0.25, 0.3) is 0 Å². The van der Waals surface area contributed by atoms with Crippen molar-refractivity contribution in [3.63, 3.8) is 0 Å². The van der Waals surface area contributed by atoms with Gasteiger partial charge in [0, 0.05) is 6.42 Å². The van der Waals surface area contributed by atoms with Gasteiger partial charge in [0.15, 0.2) is 0 Å². The summed E-state index contributed by atoms with van der Waals surface area (Å²) in [6.07, 6.45) is 0.265. The van der Waals surface area contributed by atoms with Crippen LogP contribution in [0.15, 0.2) is 24.3 Å². The lowest BCUT2D eigenvalue weighted by molar-refractivity contribution is -0.118. The molecule has 2 N–H and O–H groups in total. The molecule has 0 spiro atoms. The third-order valence-corrected chi connectivity index (χ3v) is 2.50. The van der Waals surface area contributed by atoms with Gasteiger partial charge in [-0.1, -0.05) is 26.0 Å². The molecule has 0 fully saturated rings. The minimum atomic E-state index is -0.349. The Morgan fingerprint density at radius 3 is 2.60 bits per heavy atom. The van der Waals surface area contributed by atoms with Crippen molar-refractivity contribution in [1.82, 2.24) is 0 Å². The largest absolute Gasteiger partial charge is 0.370 e. The first-order valence-corrected chi connectivity index (χ1v) is 5.04. The number of benzene rings is 1. The molecule has 1 unspecified atom stereocenters. The highest BCUT2D eigenvalue weighted by atomic mass is 19.1. The van der Waals surface area contributed by atoms with E-state index in [9.17, 15) is 9.18 Å². The van der Waals surface area contributed by atoms with Crippen LogP contribution in [0.25, 0.3) is 0 Å². The zero-order valence-electron chi connectivity index (χ0n) is 9.03. The molecular weight excluding hydrogens is 193 g/mol. The number of primary amides is 1. The first-order chi connectivity index (χ1) is 7.00. The molecule has 1 aromatic carbocycles. The molecule has 0 aromatic heterocycles. The maximum atomic E-state index is 13.0. The standard InChI is InChI=1S/C12H16FNO/c1-8(2)11(7-12(14)15)9-4-3-5-10(13)6-9/h3-6,8,11H,7H2,1-2H3,(H2,14,15). The van der Waals surface area contributed by atoms with Gasteiger partial charge in [-0.25, -0.2) is 4.39 Å². The Balaban J connectivity index is 2.93. The molecule has 1 aromatic rings. The Hall–Kier alpha value is -1.38.